The normalized spacial score (nSPS) is 14.4. The third-order valence-electron chi connectivity index (χ3n) is 6.33. The molecule has 0 aliphatic rings. The van der Waals surface area contributed by atoms with Crippen LogP contribution in [0.4, 0.5) is 17.6 Å². The van der Waals surface area contributed by atoms with E-state index in [2.05, 4.69) is 10.1 Å². The molecule has 2 unspecified atom stereocenters. The molecular formula is C28H35F4N5O2. The van der Waals surface area contributed by atoms with Gasteiger partial charge in [0.05, 0.1) is 24.2 Å². The number of hydrogen-bond donors (Lipinski definition) is 2. The van der Waals surface area contributed by atoms with Gasteiger partial charge in [0.15, 0.2) is 11.6 Å². The van der Waals surface area contributed by atoms with Crippen LogP contribution in [0.3, 0.4) is 0 Å². The molecule has 3 rings (SSSR count). The van der Waals surface area contributed by atoms with Gasteiger partial charge in [-0.05, 0) is 49.4 Å². The minimum Gasteiger partial charge on any atom is -0.384 e. The summed E-state index contributed by atoms with van der Waals surface area (Å²) in [4.78, 5) is 19.1. The molecule has 1 aromatic heterocycles. The van der Waals surface area contributed by atoms with Gasteiger partial charge >= 0.3 is 0 Å². The van der Waals surface area contributed by atoms with E-state index >= 15 is 0 Å². The Labute approximate surface area is 225 Å². The summed E-state index contributed by atoms with van der Waals surface area (Å²) >= 11 is 0. The predicted octanol–water partition coefficient (Wildman–Crippen LogP) is 4.86. The first-order valence-corrected chi connectivity index (χ1v) is 12.7. The fraction of sp³-hybridized carbons (Fsp3) is 0.464. The number of carbonyl (C=O) groups is 1. The molecule has 2 aromatic carbocycles. The zero-order valence-corrected chi connectivity index (χ0v) is 22.7. The smallest absolute Gasteiger partial charge is 0.253 e. The number of aromatic nitrogens is 3. The Hall–Kier alpha value is -3.31. The summed E-state index contributed by atoms with van der Waals surface area (Å²) in [6.45, 7) is 8.65. The van der Waals surface area contributed by atoms with E-state index in [1.807, 2.05) is 52.0 Å². The number of nitrogens with two attached hydrogens (primary N) is 1. The van der Waals surface area contributed by atoms with E-state index in [9.17, 15) is 27.5 Å². The SMILES string of the molecule is Cc1cccc(Cn2nc(-c3cc(F)ccc3F)nc2[C@H](N(CCC(N)C(F)F)C(=O)C(C)O)C(C)(C)C)c1. The highest BCUT2D eigenvalue weighted by Crippen LogP contribution is 2.39. The van der Waals surface area contributed by atoms with Crippen LogP contribution < -0.4 is 5.73 Å². The van der Waals surface area contributed by atoms with Gasteiger partial charge in [-0.1, -0.05) is 50.6 Å². The van der Waals surface area contributed by atoms with Crippen LogP contribution in [0.2, 0.25) is 0 Å². The van der Waals surface area contributed by atoms with Crippen LogP contribution in [0.15, 0.2) is 42.5 Å². The van der Waals surface area contributed by atoms with Crippen molar-refractivity contribution in [1.29, 1.82) is 0 Å². The average Bonchev–Trinajstić information content (AvgIpc) is 3.23. The first-order valence-electron chi connectivity index (χ1n) is 12.7. The quantitative estimate of drug-likeness (QED) is 0.352. The lowest BCUT2D eigenvalue weighted by atomic mass is 9.84. The second kappa shape index (κ2) is 12.3. The first kappa shape index (κ1) is 30.2. The lowest BCUT2D eigenvalue weighted by Crippen LogP contribution is -2.48. The number of aliphatic hydroxyl groups excluding tert-OH is 1. The van der Waals surface area contributed by atoms with Crippen LogP contribution in [0.1, 0.15) is 57.1 Å². The van der Waals surface area contributed by atoms with Crippen molar-refractivity contribution >= 4 is 5.91 Å². The van der Waals surface area contributed by atoms with Gasteiger partial charge in [-0.15, -0.1) is 0 Å². The molecule has 1 heterocycles. The number of carbonyl (C=O) groups excluding carboxylic acids is 1. The molecule has 0 radical (unpaired) electrons. The summed E-state index contributed by atoms with van der Waals surface area (Å²) in [6.07, 6.45) is -4.47. The Kier molecular flexibility index (Phi) is 9.50. The maximum atomic E-state index is 14.8. The summed E-state index contributed by atoms with van der Waals surface area (Å²) in [5, 5.41) is 14.7. The highest BCUT2D eigenvalue weighted by atomic mass is 19.3. The number of nitrogens with zero attached hydrogens (tertiary/aromatic N) is 4. The molecule has 0 aliphatic carbocycles. The molecule has 7 nitrogen and oxygen atoms in total. The van der Waals surface area contributed by atoms with Gasteiger partial charge in [0.25, 0.3) is 12.3 Å². The van der Waals surface area contributed by atoms with Crippen LogP contribution in [0, 0.1) is 24.0 Å². The number of hydrogen-bond acceptors (Lipinski definition) is 5. The van der Waals surface area contributed by atoms with Gasteiger partial charge in [-0.25, -0.2) is 27.2 Å². The predicted molar refractivity (Wildman–Crippen MR) is 140 cm³/mol. The summed E-state index contributed by atoms with van der Waals surface area (Å²) in [5.41, 5.74) is 6.49. The summed E-state index contributed by atoms with van der Waals surface area (Å²) < 4.78 is 56.8. The molecule has 39 heavy (non-hydrogen) atoms. The Morgan fingerprint density at radius 1 is 1.15 bits per heavy atom. The lowest BCUT2D eigenvalue weighted by Gasteiger charge is -2.40. The Morgan fingerprint density at radius 2 is 1.85 bits per heavy atom. The van der Waals surface area contributed by atoms with Crippen molar-refractivity contribution in [1.82, 2.24) is 19.7 Å². The van der Waals surface area contributed by atoms with E-state index in [0.717, 1.165) is 29.3 Å². The third-order valence-corrected chi connectivity index (χ3v) is 6.33. The van der Waals surface area contributed by atoms with Crippen molar-refractivity contribution in [2.24, 2.45) is 11.1 Å². The number of aliphatic hydroxyl groups is 1. The second-order valence-electron chi connectivity index (χ2n) is 10.8. The molecule has 0 fully saturated rings. The Bertz CT molecular complexity index is 1290. The van der Waals surface area contributed by atoms with Crippen molar-refractivity contribution in [2.45, 2.75) is 72.2 Å². The van der Waals surface area contributed by atoms with Crippen molar-refractivity contribution in [3.8, 4) is 11.4 Å². The first-order chi connectivity index (χ1) is 18.2. The molecule has 3 aromatic rings. The zero-order chi connectivity index (χ0) is 29.1. The topological polar surface area (TPSA) is 97.3 Å². The molecule has 11 heteroatoms. The van der Waals surface area contributed by atoms with Gasteiger partial charge < -0.3 is 15.7 Å². The second-order valence-corrected chi connectivity index (χ2v) is 10.8. The fourth-order valence-electron chi connectivity index (χ4n) is 4.45. The number of alkyl halides is 2. The van der Waals surface area contributed by atoms with Crippen LogP contribution in [-0.4, -0.2) is 55.8 Å². The molecule has 0 aliphatic heterocycles. The minimum atomic E-state index is -2.80. The van der Waals surface area contributed by atoms with E-state index < -0.39 is 47.6 Å². The molecule has 0 spiro atoms. The van der Waals surface area contributed by atoms with E-state index in [1.165, 1.54) is 16.5 Å². The number of aryl methyl sites for hydroxylation is 1. The lowest BCUT2D eigenvalue weighted by molar-refractivity contribution is -0.145. The van der Waals surface area contributed by atoms with Crippen LogP contribution in [-0.2, 0) is 11.3 Å². The minimum absolute atomic E-state index is 0.0994. The van der Waals surface area contributed by atoms with Crippen LogP contribution >= 0.6 is 0 Å². The summed E-state index contributed by atoms with van der Waals surface area (Å²) in [6, 6.07) is 8.14. The largest absolute Gasteiger partial charge is 0.384 e. The van der Waals surface area contributed by atoms with Gasteiger partial charge in [0.1, 0.15) is 17.7 Å². The molecule has 0 saturated heterocycles. The number of amides is 1. The monoisotopic (exact) mass is 549 g/mol. The van der Waals surface area contributed by atoms with Crippen molar-refractivity contribution in [2.75, 3.05) is 6.54 Å². The molecular weight excluding hydrogens is 514 g/mol. The highest BCUT2D eigenvalue weighted by molar-refractivity contribution is 5.80. The fourth-order valence-corrected chi connectivity index (χ4v) is 4.45. The summed E-state index contributed by atoms with van der Waals surface area (Å²) in [7, 11) is 0. The molecule has 0 saturated carbocycles. The summed E-state index contributed by atoms with van der Waals surface area (Å²) in [5.74, 6) is -2.00. The van der Waals surface area contributed by atoms with E-state index in [4.69, 9.17) is 5.73 Å². The molecule has 212 valence electrons. The van der Waals surface area contributed by atoms with Crippen molar-refractivity contribution < 1.29 is 27.5 Å². The molecule has 0 bridgehead atoms. The van der Waals surface area contributed by atoms with Gasteiger partial charge in [-0.2, -0.15) is 5.10 Å². The van der Waals surface area contributed by atoms with E-state index in [-0.39, 0.29) is 36.7 Å². The van der Waals surface area contributed by atoms with Crippen LogP contribution in [0.25, 0.3) is 11.4 Å². The Morgan fingerprint density at radius 3 is 2.44 bits per heavy atom. The van der Waals surface area contributed by atoms with Crippen molar-refractivity contribution in [3.05, 3.63) is 71.1 Å². The van der Waals surface area contributed by atoms with Gasteiger partial charge in [0, 0.05) is 6.54 Å². The number of halogens is 4. The van der Waals surface area contributed by atoms with Gasteiger partial charge in [-0.3, -0.25) is 4.79 Å². The maximum absolute atomic E-state index is 14.8. The van der Waals surface area contributed by atoms with Gasteiger partial charge in [0.2, 0.25) is 0 Å². The molecule has 3 N–H and O–H groups in total. The molecule has 3 atom stereocenters. The van der Waals surface area contributed by atoms with E-state index in [0.29, 0.717) is 0 Å². The zero-order valence-electron chi connectivity index (χ0n) is 22.7. The van der Waals surface area contributed by atoms with Crippen molar-refractivity contribution in [3.63, 3.8) is 0 Å². The molecule has 1 amide bonds. The van der Waals surface area contributed by atoms with Crippen LogP contribution in [0.5, 0.6) is 0 Å². The maximum Gasteiger partial charge on any atom is 0.253 e. The standard InChI is InChI=1S/C28H35F4N5O2/c1-16-7-6-8-18(13-16)15-37-26(34-25(35-37)20-14-19(29)9-10-21(20)30)23(28(3,4)5)36(27(39)17(2)38)12-11-22(33)24(31)32/h6-10,13-14,17,22-24,38H,11-12,15,33H2,1-5H3/t17?,22?,23-/m0/s1. The highest BCUT2D eigenvalue weighted by Gasteiger charge is 2.40. The average molecular weight is 550 g/mol. The number of benzene rings is 2. The number of rotatable bonds is 10. The van der Waals surface area contributed by atoms with E-state index in [1.54, 1.807) is 0 Å². The third kappa shape index (κ3) is 7.42. The Balaban J connectivity index is 2.22.